The predicted octanol–water partition coefficient (Wildman–Crippen LogP) is 6.02. The summed E-state index contributed by atoms with van der Waals surface area (Å²) in [6, 6.07) is 2.24. The fraction of sp³-hybridized carbons (Fsp3) is 0.739. The lowest BCUT2D eigenvalue weighted by Gasteiger charge is -2.39. The summed E-state index contributed by atoms with van der Waals surface area (Å²) >= 11 is 0. The lowest BCUT2D eigenvalue weighted by atomic mass is 9.79. The quantitative estimate of drug-likeness (QED) is 0.567. The largest absolute Gasteiger partial charge is 0.352 e. The van der Waals surface area contributed by atoms with Crippen LogP contribution in [0.2, 0.25) is 0 Å². The molecule has 1 saturated heterocycles. The average molecular weight is 396 g/mol. The number of benzene rings is 1. The third kappa shape index (κ3) is 4.73. The number of rotatable bonds is 5. The molecule has 0 aromatic heterocycles. The van der Waals surface area contributed by atoms with Crippen LogP contribution < -0.4 is 0 Å². The smallest absolute Gasteiger partial charge is 0.194 e. The van der Waals surface area contributed by atoms with Crippen LogP contribution >= 0.6 is 0 Å². The van der Waals surface area contributed by atoms with Gasteiger partial charge in [0.2, 0.25) is 0 Å². The lowest BCUT2D eigenvalue weighted by molar-refractivity contribution is -0.235. The topological polar surface area (TPSA) is 18.5 Å². The highest BCUT2D eigenvalue weighted by molar-refractivity contribution is 5.19. The van der Waals surface area contributed by atoms with E-state index in [9.17, 15) is 13.2 Å². The fourth-order valence-electron chi connectivity index (χ4n) is 5.38. The Balaban J connectivity index is 1.19. The molecule has 1 aromatic rings. The Labute approximate surface area is 165 Å². The van der Waals surface area contributed by atoms with Crippen molar-refractivity contribution >= 4 is 0 Å². The zero-order valence-corrected chi connectivity index (χ0v) is 16.5. The zero-order chi connectivity index (χ0) is 19.5. The summed E-state index contributed by atoms with van der Waals surface area (Å²) in [6.07, 6.45) is 11.1. The van der Waals surface area contributed by atoms with Crippen LogP contribution in [0.25, 0.3) is 0 Å². The molecule has 0 radical (unpaired) electrons. The Hall–Kier alpha value is -1.07. The molecule has 5 heteroatoms. The van der Waals surface area contributed by atoms with Crippen LogP contribution in [0.5, 0.6) is 0 Å². The highest BCUT2D eigenvalue weighted by Crippen LogP contribution is 2.38. The van der Waals surface area contributed by atoms with Gasteiger partial charge in [-0.25, -0.2) is 13.2 Å². The molecule has 0 atom stereocenters. The molecule has 0 N–H and O–H groups in total. The van der Waals surface area contributed by atoms with Gasteiger partial charge in [-0.2, -0.15) is 0 Å². The van der Waals surface area contributed by atoms with Gasteiger partial charge in [0.15, 0.2) is 23.7 Å². The molecular weight excluding hydrogens is 365 g/mol. The van der Waals surface area contributed by atoms with Gasteiger partial charge in [-0.05, 0) is 68.1 Å². The Morgan fingerprint density at radius 1 is 0.750 bits per heavy atom. The Kier molecular flexibility index (Phi) is 6.62. The van der Waals surface area contributed by atoms with E-state index in [0.29, 0.717) is 29.7 Å². The van der Waals surface area contributed by atoms with Gasteiger partial charge in [0.25, 0.3) is 0 Å². The first-order chi connectivity index (χ1) is 13.6. The van der Waals surface area contributed by atoms with Crippen LogP contribution in [0.4, 0.5) is 13.2 Å². The standard InChI is InChI=1S/C23H31F3O2/c24-20-11-16(12-21(25)22(20)26)6-5-15-7-9-18(10-8-15)23-27-13-19(14-28-23)17-3-1-2-4-17/h11-12,15,17-19,23H,1-10,13-14H2. The summed E-state index contributed by atoms with van der Waals surface area (Å²) < 4.78 is 52.0. The average Bonchev–Trinajstić information content (AvgIpc) is 3.26. The van der Waals surface area contributed by atoms with Crippen molar-refractivity contribution in [3.8, 4) is 0 Å². The van der Waals surface area contributed by atoms with Crippen LogP contribution in [-0.4, -0.2) is 19.5 Å². The summed E-state index contributed by atoms with van der Waals surface area (Å²) in [5.74, 6) is -1.21. The Morgan fingerprint density at radius 2 is 1.36 bits per heavy atom. The third-order valence-corrected chi connectivity index (χ3v) is 7.18. The number of halogens is 3. The van der Waals surface area contributed by atoms with Crippen molar-refractivity contribution in [2.75, 3.05) is 13.2 Å². The van der Waals surface area contributed by atoms with Gasteiger partial charge in [-0.3, -0.25) is 0 Å². The molecule has 0 amide bonds. The van der Waals surface area contributed by atoms with Crippen molar-refractivity contribution in [3.63, 3.8) is 0 Å². The van der Waals surface area contributed by atoms with Crippen molar-refractivity contribution in [1.82, 2.24) is 0 Å². The highest BCUT2D eigenvalue weighted by Gasteiger charge is 2.35. The molecular formula is C23H31F3O2. The van der Waals surface area contributed by atoms with E-state index in [4.69, 9.17) is 9.47 Å². The molecule has 28 heavy (non-hydrogen) atoms. The molecule has 156 valence electrons. The minimum atomic E-state index is -1.38. The van der Waals surface area contributed by atoms with Crippen molar-refractivity contribution in [2.24, 2.45) is 23.7 Å². The summed E-state index contributed by atoms with van der Waals surface area (Å²) in [7, 11) is 0. The first-order valence-corrected chi connectivity index (χ1v) is 11.0. The third-order valence-electron chi connectivity index (χ3n) is 7.18. The van der Waals surface area contributed by atoms with Gasteiger partial charge in [0.05, 0.1) is 13.2 Å². The van der Waals surface area contributed by atoms with Crippen LogP contribution in [0, 0.1) is 41.1 Å². The molecule has 3 aliphatic rings. The summed E-state index contributed by atoms with van der Waals surface area (Å²) in [5, 5.41) is 0. The van der Waals surface area contributed by atoms with Crippen LogP contribution in [-0.2, 0) is 15.9 Å². The maximum absolute atomic E-state index is 13.3. The van der Waals surface area contributed by atoms with E-state index in [2.05, 4.69) is 0 Å². The first-order valence-electron chi connectivity index (χ1n) is 11.0. The van der Waals surface area contributed by atoms with Gasteiger partial charge in [-0.15, -0.1) is 0 Å². The van der Waals surface area contributed by atoms with Gasteiger partial charge in [0.1, 0.15) is 0 Å². The van der Waals surface area contributed by atoms with E-state index in [-0.39, 0.29) is 6.29 Å². The fourth-order valence-corrected chi connectivity index (χ4v) is 5.38. The molecule has 0 bridgehead atoms. The number of aryl methyl sites for hydroxylation is 1. The van der Waals surface area contributed by atoms with Gasteiger partial charge in [-0.1, -0.05) is 25.7 Å². The summed E-state index contributed by atoms with van der Waals surface area (Å²) in [6.45, 7) is 1.69. The second-order valence-corrected chi connectivity index (χ2v) is 9.03. The van der Waals surface area contributed by atoms with Crippen molar-refractivity contribution in [2.45, 2.75) is 70.5 Å². The van der Waals surface area contributed by atoms with Crippen LogP contribution in [0.15, 0.2) is 12.1 Å². The van der Waals surface area contributed by atoms with Gasteiger partial charge >= 0.3 is 0 Å². The van der Waals surface area contributed by atoms with E-state index in [1.54, 1.807) is 0 Å². The minimum Gasteiger partial charge on any atom is -0.352 e. The van der Waals surface area contributed by atoms with Crippen molar-refractivity contribution in [3.05, 3.63) is 35.1 Å². The minimum absolute atomic E-state index is 0.0566. The van der Waals surface area contributed by atoms with Gasteiger partial charge < -0.3 is 9.47 Å². The van der Waals surface area contributed by atoms with E-state index < -0.39 is 17.5 Å². The molecule has 0 spiro atoms. The highest BCUT2D eigenvalue weighted by atomic mass is 19.2. The van der Waals surface area contributed by atoms with E-state index in [1.807, 2.05) is 0 Å². The monoisotopic (exact) mass is 396 g/mol. The Morgan fingerprint density at radius 3 is 1.96 bits per heavy atom. The summed E-state index contributed by atoms with van der Waals surface area (Å²) in [5.41, 5.74) is 0.537. The molecule has 2 nitrogen and oxygen atoms in total. The molecule has 1 aromatic carbocycles. The lowest BCUT2D eigenvalue weighted by Crippen LogP contribution is -2.40. The number of ether oxygens (including phenoxy) is 2. The molecule has 0 unspecified atom stereocenters. The maximum Gasteiger partial charge on any atom is 0.194 e. The van der Waals surface area contributed by atoms with Gasteiger partial charge in [0, 0.05) is 11.8 Å². The molecule has 2 aliphatic carbocycles. The normalized spacial score (nSPS) is 32.0. The van der Waals surface area contributed by atoms with E-state index >= 15 is 0 Å². The molecule has 3 fully saturated rings. The second kappa shape index (κ2) is 9.17. The summed E-state index contributed by atoms with van der Waals surface area (Å²) in [4.78, 5) is 0. The first kappa shape index (κ1) is 20.2. The van der Waals surface area contributed by atoms with Crippen LogP contribution in [0.1, 0.15) is 63.4 Å². The molecule has 4 rings (SSSR count). The molecule has 1 heterocycles. The Bertz CT molecular complexity index is 620. The second-order valence-electron chi connectivity index (χ2n) is 9.03. The van der Waals surface area contributed by atoms with Crippen LogP contribution in [0.3, 0.4) is 0 Å². The number of hydrogen-bond acceptors (Lipinski definition) is 2. The molecule has 1 aliphatic heterocycles. The van der Waals surface area contributed by atoms with Crippen molar-refractivity contribution < 1.29 is 22.6 Å². The maximum atomic E-state index is 13.3. The molecule has 2 saturated carbocycles. The van der Waals surface area contributed by atoms with Crippen molar-refractivity contribution in [1.29, 1.82) is 0 Å². The predicted molar refractivity (Wildman–Crippen MR) is 101 cm³/mol. The SMILES string of the molecule is Fc1cc(CCC2CCC(C3OCC(C4CCCC4)CO3)CC2)cc(F)c1F. The van der Waals surface area contributed by atoms with E-state index in [1.165, 1.54) is 25.7 Å². The van der Waals surface area contributed by atoms with E-state index in [0.717, 1.165) is 63.4 Å². The zero-order valence-electron chi connectivity index (χ0n) is 16.5. The number of hydrogen-bond donors (Lipinski definition) is 0.